The molecule has 2 heterocycles. The molecule has 0 aliphatic heterocycles. The van der Waals surface area contributed by atoms with Gasteiger partial charge in [-0.2, -0.15) is 0 Å². The fourth-order valence-corrected chi connectivity index (χ4v) is 2.75. The van der Waals surface area contributed by atoms with Gasteiger partial charge in [-0.15, -0.1) is 0 Å². The lowest BCUT2D eigenvalue weighted by atomic mass is 10.1. The van der Waals surface area contributed by atoms with Gasteiger partial charge in [0.1, 0.15) is 11.9 Å². The molecular weight excluding hydrogens is 400 g/mol. The van der Waals surface area contributed by atoms with Crippen LogP contribution in [0.4, 0.5) is 4.79 Å². The summed E-state index contributed by atoms with van der Waals surface area (Å²) in [5.41, 5.74) is 1.00. The van der Waals surface area contributed by atoms with E-state index in [9.17, 15) is 9.59 Å². The zero-order chi connectivity index (χ0) is 22.6. The summed E-state index contributed by atoms with van der Waals surface area (Å²) in [5, 5.41) is 0.657. The van der Waals surface area contributed by atoms with Gasteiger partial charge in [-0.25, -0.2) is 24.5 Å². The fourth-order valence-electron chi connectivity index (χ4n) is 2.75. The molecule has 1 amide bonds. The zero-order valence-corrected chi connectivity index (χ0v) is 18.1. The maximum absolute atomic E-state index is 12.1. The molecule has 2 aromatic heterocycles. The molecule has 0 aliphatic rings. The average molecular weight is 424 g/mol. The zero-order valence-electron chi connectivity index (χ0n) is 18.1. The molecule has 0 saturated carbocycles. The van der Waals surface area contributed by atoms with E-state index in [1.165, 1.54) is 18.3 Å². The fraction of sp³-hybridized carbons (Fsp3) is 0.318. The molecule has 0 radical (unpaired) electrons. The molecule has 0 N–H and O–H groups in total. The number of esters is 1. The highest BCUT2D eigenvalue weighted by Gasteiger charge is 2.20. The number of methoxy groups -OCH3 is 1. The van der Waals surface area contributed by atoms with Crippen molar-refractivity contribution in [2.75, 3.05) is 14.2 Å². The smallest absolute Gasteiger partial charge is 0.410 e. The molecule has 3 aromatic rings. The van der Waals surface area contributed by atoms with Gasteiger partial charge in [-0.3, -0.25) is 0 Å². The van der Waals surface area contributed by atoms with Crippen LogP contribution in [0, 0.1) is 0 Å². The van der Waals surface area contributed by atoms with E-state index >= 15 is 0 Å². The SMILES string of the molecule is COC(=O)c1cccc2nc(Oc3cc(CN(C)C(=O)OC(C)(C)C)ncn3)ccc12. The van der Waals surface area contributed by atoms with Gasteiger partial charge < -0.3 is 19.1 Å². The molecule has 1 aromatic carbocycles. The number of fused-ring (bicyclic) bond motifs is 1. The summed E-state index contributed by atoms with van der Waals surface area (Å²) < 4.78 is 15.9. The number of carbonyl (C=O) groups is 2. The maximum atomic E-state index is 12.1. The van der Waals surface area contributed by atoms with Crippen LogP contribution < -0.4 is 4.74 Å². The Morgan fingerprint density at radius 1 is 1.06 bits per heavy atom. The van der Waals surface area contributed by atoms with E-state index in [-0.39, 0.29) is 12.4 Å². The van der Waals surface area contributed by atoms with Gasteiger partial charge >= 0.3 is 12.1 Å². The van der Waals surface area contributed by atoms with Crippen molar-refractivity contribution in [3.8, 4) is 11.8 Å². The van der Waals surface area contributed by atoms with Gasteiger partial charge in [0.25, 0.3) is 0 Å². The minimum absolute atomic E-state index is 0.224. The van der Waals surface area contributed by atoms with E-state index in [0.29, 0.717) is 28.0 Å². The Hall–Kier alpha value is -3.75. The number of hydrogen-bond donors (Lipinski definition) is 0. The van der Waals surface area contributed by atoms with Crippen molar-refractivity contribution in [3.63, 3.8) is 0 Å². The number of hydrogen-bond acceptors (Lipinski definition) is 8. The van der Waals surface area contributed by atoms with Crippen LogP contribution in [0.5, 0.6) is 11.8 Å². The van der Waals surface area contributed by atoms with E-state index in [1.54, 1.807) is 64.2 Å². The van der Waals surface area contributed by atoms with Gasteiger partial charge in [-0.1, -0.05) is 6.07 Å². The normalized spacial score (nSPS) is 11.1. The van der Waals surface area contributed by atoms with E-state index < -0.39 is 17.7 Å². The lowest BCUT2D eigenvalue weighted by Crippen LogP contribution is -2.34. The monoisotopic (exact) mass is 424 g/mol. The number of pyridine rings is 1. The first kappa shape index (κ1) is 21.9. The highest BCUT2D eigenvalue weighted by atomic mass is 16.6. The van der Waals surface area contributed by atoms with E-state index in [1.807, 2.05) is 0 Å². The first-order valence-corrected chi connectivity index (χ1v) is 9.57. The molecule has 0 atom stereocenters. The molecule has 0 saturated heterocycles. The number of carbonyl (C=O) groups excluding carboxylic acids is 2. The Morgan fingerprint density at radius 2 is 1.84 bits per heavy atom. The van der Waals surface area contributed by atoms with E-state index in [4.69, 9.17) is 14.2 Å². The van der Waals surface area contributed by atoms with Gasteiger partial charge in [0, 0.05) is 24.6 Å². The number of rotatable bonds is 5. The highest BCUT2D eigenvalue weighted by molar-refractivity contribution is 6.03. The molecule has 9 nitrogen and oxygen atoms in total. The summed E-state index contributed by atoms with van der Waals surface area (Å²) >= 11 is 0. The molecule has 162 valence electrons. The summed E-state index contributed by atoms with van der Waals surface area (Å²) in [4.78, 5) is 38.2. The third-order valence-electron chi connectivity index (χ3n) is 4.12. The molecule has 0 fully saturated rings. The lowest BCUT2D eigenvalue weighted by molar-refractivity contribution is 0.0282. The standard InChI is InChI=1S/C22H24N4O5/c1-22(2,3)31-21(28)26(4)12-14-11-19(24-13-23-14)30-18-10-9-15-16(20(27)29-5)7-6-8-17(15)25-18/h6-11,13H,12H2,1-5H3. The van der Waals surface area contributed by atoms with Crippen LogP contribution in [-0.4, -0.2) is 51.7 Å². The predicted octanol–water partition coefficient (Wildman–Crippen LogP) is 3.97. The largest absolute Gasteiger partial charge is 0.465 e. The van der Waals surface area contributed by atoms with Gasteiger partial charge in [0.15, 0.2) is 0 Å². The summed E-state index contributed by atoms with van der Waals surface area (Å²) in [6.07, 6.45) is 0.899. The highest BCUT2D eigenvalue weighted by Crippen LogP contribution is 2.24. The molecular formula is C22H24N4O5. The molecule has 3 rings (SSSR count). The molecule has 0 unspecified atom stereocenters. The van der Waals surface area contributed by atoms with Gasteiger partial charge in [0.05, 0.1) is 30.4 Å². The second-order valence-electron chi connectivity index (χ2n) is 7.80. The second kappa shape index (κ2) is 8.95. The topological polar surface area (TPSA) is 104 Å². The van der Waals surface area contributed by atoms with Gasteiger partial charge in [0.2, 0.25) is 11.8 Å². The van der Waals surface area contributed by atoms with Crippen LogP contribution in [0.3, 0.4) is 0 Å². The second-order valence-corrected chi connectivity index (χ2v) is 7.80. The molecule has 9 heteroatoms. The van der Waals surface area contributed by atoms with Crippen molar-refractivity contribution in [2.45, 2.75) is 32.9 Å². The van der Waals surface area contributed by atoms with Crippen LogP contribution in [0.2, 0.25) is 0 Å². The van der Waals surface area contributed by atoms with Crippen LogP contribution >= 0.6 is 0 Å². The lowest BCUT2D eigenvalue weighted by Gasteiger charge is -2.24. The summed E-state index contributed by atoms with van der Waals surface area (Å²) in [6.45, 7) is 5.64. The van der Waals surface area contributed by atoms with Crippen LogP contribution in [-0.2, 0) is 16.0 Å². The Bertz CT molecular complexity index is 1110. The quantitative estimate of drug-likeness (QED) is 0.567. The molecule has 31 heavy (non-hydrogen) atoms. The summed E-state index contributed by atoms with van der Waals surface area (Å²) in [7, 11) is 2.96. The Balaban J connectivity index is 1.75. The van der Waals surface area contributed by atoms with Crippen LogP contribution in [0.1, 0.15) is 36.8 Å². The predicted molar refractivity (Wildman–Crippen MR) is 113 cm³/mol. The van der Waals surface area contributed by atoms with Crippen molar-refractivity contribution in [1.29, 1.82) is 0 Å². The number of ether oxygens (including phenoxy) is 3. The molecule has 0 bridgehead atoms. The Morgan fingerprint density at radius 3 is 2.55 bits per heavy atom. The third-order valence-corrected chi connectivity index (χ3v) is 4.12. The van der Waals surface area contributed by atoms with Crippen molar-refractivity contribution in [1.82, 2.24) is 19.9 Å². The number of nitrogens with zero attached hydrogens (tertiary/aromatic N) is 4. The Labute approximate surface area is 180 Å². The summed E-state index contributed by atoms with van der Waals surface area (Å²) in [5.74, 6) is 0.147. The number of benzene rings is 1. The third kappa shape index (κ3) is 5.65. The minimum Gasteiger partial charge on any atom is -0.465 e. The number of amides is 1. The first-order chi connectivity index (χ1) is 14.7. The number of aromatic nitrogens is 3. The van der Waals surface area contributed by atoms with Crippen LogP contribution in [0.25, 0.3) is 10.9 Å². The first-order valence-electron chi connectivity index (χ1n) is 9.57. The maximum Gasteiger partial charge on any atom is 0.410 e. The molecule has 0 aliphatic carbocycles. The minimum atomic E-state index is -0.583. The summed E-state index contributed by atoms with van der Waals surface area (Å²) in [6, 6.07) is 10.2. The van der Waals surface area contributed by atoms with Crippen molar-refractivity contribution in [2.24, 2.45) is 0 Å². The van der Waals surface area contributed by atoms with E-state index in [0.717, 1.165) is 0 Å². The van der Waals surface area contributed by atoms with Crippen molar-refractivity contribution in [3.05, 3.63) is 54.0 Å². The van der Waals surface area contributed by atoms with Gasteiger partial charge in [-0.05, 0) is 39.0 Å². The average Bonchev–Trinajstić information content (AvgIpc) is 2.71. The van der Waals surface area contributed by atoms with Crippen LogP contribution in [0.15, 0.2) is 42.7 Å². The van der Waals surface area contributed by atoms with Crippen molar-refractivity contribution >= 4 is 23.0 Å². The van der Waals surface area contributed by atoms with E-state index in [2.05, 4.69) is 15.0 Å². The van der Waals surface area contributed by atoms with Crippen molar-refractivity contribution < 1.29 is 23.8 Å². The molecule has 0 spiro atoms. The Kier molecular flexibility index (Phi) is 6.33.